The van der Waals surface area contributed by atoms with Gasteiger partial charge < -0.3 is 14.6 Å². The van der Waals surface area contributed by atoms with Crippen molar-refractivity contribution < 1.29 is 19.4 Å². The molecule has 1 aromatic carbocycles. The molecule has 0 amide bonds. The van der Waals surface area contributed by atoms with Gasteiger partial charge in [-0.1, -0.05) is 6.07 Å². The molecule has 1 fully saturated rings. The number of carboxylic acids is 1. The van der Waals surface area contributed by atoms with Gasteiger partial charge >= 0.3 is 5.97 Å². The Kier molecular flexibility index (Phi) is 3.78. The fourth-order valence-electron chi connectivity index (χ4n) is 2.83. The van der Waals surface area contributed by atoms with Crippen LogP contribution in [-0.4, -0.2) is 30.5 Å². The zero-order valence-electron chi connectivity index (χ0n) is 11.4. The number of aliphatic carboxylic acids is 1. The van der Waals surface area contributed by atoms with Gasteiger partial charge in [0.05, 0.1) is 11.3 Å². The van der Waals surface area contributed by atoms with E-state index in [0.717, 1.165) is 34.8 Å². The van der Waals surface area contributed by atoms with E-state index in [9.17, 15) is 4.79 Å². The molecule has 1 heterocycles. The third kappa shape index (κ3) is 2.59. The minimum absolute atomic E-state index is 0.0887. The van der Waals surface area contributed by atoms with Gasteiger partial charge in [0.25, 0.3) is 0 Å². The molecule has 1 aromatic rings. The Morgan fingerprint density at radius 2 is 2.15 bits per heavy atom. The average molecular weight is 294 g/mol. The number of carboxylic acid groups (broad SMARTS) is 1. The van der Waals surface area contributed by atoms with E-state index < -0.39 is 5.97 Å². The summed E-state index contributed by atoms with van der Waals surface area (Å²) in [5.74, 6) is 1.42. The van der Waals surface area contributed by atoms with E-state index in [-0.39, 0.29) is 12.3 Å². The molecule has 2 aliphatic rings. The first-order chi connectivity index (χ1) is 9.70. The number of fused-ring (bicyclic) bond motifs is 1. The lowest BCUT2D eigenvalue weighted by atomic mass is 9.90. The van der Waals surface area contributed by atoms with Crippen LogP contribution in [0.15, 0.2) is 17.0 Å². The Morgan fingerprint density at radius 1 is 1.40 bits per heavy atom. The maximum absolute atomic E-state index is 11.1. The molecule has 1 unspecified atom stereocenters. The van der Waals surface area contributed by atoms with Crippen molar-refractivity contribution in [2.24, 2.45) is 5.92 Å². The molecular weight excluding hydrogens is 276 g/mol. The van der Waals surface area contributed by atoms with Gasteiger partial charge in [-0.25, -0.2) is 0 Å². The number of carbonyl (C=O) groups is 1. The summed E-state index contributed by atoms with van der Waals surface area (Å²) in [5, 5.41) is 9.16. The van der Waals surface area contributed by atoms with Crippen LogP contribution in [-0.2, 0) is 4.79 Å². The summed E-state index contributed by atoms with van der Waals surface area (Å²) in [6.45, 7) is 1.12. The quantitative estimate of drug-likeness (QED) is 0.845. The van der Waals surface area contributed by atoms with Crippen LogP contribution in [0.4, 0.5) is 0 Å². The summed E-state index contributed by atoms with van der Waals surface area (Å²) in [6.07, 6.45) is 4.44. The molecule has 108 valence electrons. The fourth-order valence-corrected chi connectivity index (χ4v) is 3.63. The van der Waals surface area contributed by atoms with E-state index in [2.05, 4.69) is 0 Å². The second-order valence-electron chi connectivity index (χ2n) is 5.25. The van der Waals surface area contributed by atoms with Gasteiger partial charge in [-0.05, 0) is 42.6 Å². The molecule has 1 atom stereocenters. The standard InChI is InChI=1S/C15H18O4S/c1-20-15-10(11(8-13(16)17)9-2-3-9)4-5-12-14(15)19-7-6-18-12/h4-5,9,11H,2-3,6-8H2,1H3,(H,16,17). The Bertz CT molecular complexity index is 525. The first-order valence-electron chi connectivity index (χ1n) is 6.89. The fraction of sp³-hybridized carbons (Fsp3) is 0.533. The first-order valence-corrected chi connectivity index (χ1v) is 8.11. The van der Waals surface area contributed by atoms with Gasteiger partial charge in [0, 0.05) is 0 Å². The molecule has 0 saturated heterocycles. The molecule has 0 bridgehead atoms. The summed E-state index contributed by atoms with van der Waals surface area (Å²) in [4.78, 5) is 12.2. The topological polar surface area (TPSA) is 55.8 Å². The minimum Gasteiger partial charge on any atom is -0.486 e. The maximum Gasteiger partial charge on any atom is 0.303 e. The van der Waals surface area contributed by atoms with E-state index in [4.69, 9.17) is 14.6 Å². The highest BCUT2D eigenvalue weighted by atomic mass is 32.2. The van der Waals surface area contributed by atoms with Crippen molar-refractivity contribution in [2.75, 3.05) is 19.5 Å². The highest BCUT2D eigenvalue weighted by Crippen LogP contribution is 2.50. The molecule has 3 rings (SSSR count). The Hall–Kier alpha value is -1.36. The first kappa shape index (κ1) is 13.6. The lowest BCUT2D eigenvalue weighted by Gasteiger charge is -2.25. The zero-order chi connectivity index (χ0) is 14.1. The highest BCUT2D eigenvalue weighted by molar-refractivity contribution is 7.98. The van der Waals surface area contributed by atoms with E-state index in [1.54, 1.807) is 11.8 Å². The van der Waals surface area contributed by atoms with Crippen molar-refractivity contribution in [3.05, 3.63) is 17.7 Å². The van der Waals surface area contributed by atoms with Crippen molar-refractivity contribution >= 4 is 17.7 Å². The lowest BCUT2D eigenvalue weighted by Crippen LogP contribution is -2.17. The third-order valence-electron chi connectivity index (χ3n) is 3.88. The monoisotopic (exact) mass is 294 g/mol. The van der Waals surface area contributed by atoms with Gasteiger partial charge in [0.15, 0.2) is 11.5 Å². The second-order valence-corrected chi connectivity index (χ2v) is 6.07. The van der Waals surface area contributed by atoms with Crippen molar-refractivity contribution in [1.82, 2.24) is 0 Å². The molecule has 20 heavy (non-hydrogen) atoms. The molecule has 0 radical (unpaired) electrons. The number of thioether (sulfide) groups is 1. The predicted octanol–water partition coefficient (Wildman–Crippen LogP) is 3.15. The van der Waals surface area contributed by atoms with Crippen molar-refractivity contribution in [3.63, 3.8) is 0 Å². The molecular formula is C15H18O4S. The molecule has 4 nitrogen and oxygen atoms in total. The number of benzene rings is 1. The molecule has 1 N–H and O–H groups in total. The van der Waals surface area contributed by atoms with Gasteiger partial charge in [-0.2, -0.15) is 0 Å². The maximum atomic E-state index is 11.1. The number of rotatable bonds is 5. The summed E-state index contributed by atoms with van der Waals surface area (Å²) in [6, 6.07) is 3.94. The van der Waals surface area contributed by atoms with E-state index in [1.165, 1.54) is 0 Å². The molecule has 1 saturated carbocycles. The summed E-state index contributed by atoms with van der Waals surface area (Å²) >= 11 is 1.61. The smallest absolute Gasteiger partial charge is 0.303 e. The van der Waals surface area contributed by atoms with E-state index >= 15 is 0 Å². The summed E-state index contributed by atoms with van der Waals surface area (Å²) in [7, 11) is 0. The van der Waals surface area contributed by atoms with Crippen molar-refractivity contribution in [2.45, 2.75) is 30.1 Å². The van der Waals surface area contributed by atoms with Gasteiger partial charge in [0.1, 0.15) is 13.2 Å². The van der Waals surface area contributed by atoms with Crippen LogP contribution in [0.25, 0.3) is 0 Å². The van der Waals surface area contributed by atoms with Crippen molar-refractivity contribution in [3.8, 4) is 11.5 Å². The van der Waals surface area contributed by atoms with Crippen LogP contribution >= 0.6 is 11.8 Å². The highest BCUT2D eigenvalue weighted by Gasteiger charge is 2.36. The number of ether oxygens (including phenoxy) is 2. The van der Waals surface area contributed by atoms with Crippen LogP contribution in [0.5, 0.6) is 11.5 Å². The van der Waals surface area contributed by atoms with Gasteiger partial charge in [-0.15, -0.1) is 11.8 Å². The van der Waals surface area contributed by atoms with Gasteiger partial charge in [0.2, 0.25) is 0 Å². The lowest BCUT2D eigenvalue weighted by molar-refractivity contribution is -0.137. The van der Waals surface area contributed by atoms with Crippen LogP contribution in [0, 0.1) is 5.92 Å². The van der Waals surface area contributed by atoms with Crippen LogP contribution in [0.2, 0.25) is 0 Å². The number of hydrogen-bond donors (Lipinski definition) is 1. The molecule has 0 aromatic heterocycles. The Balaban J connectivity index is 2.00. The SMILES string of the molecule is CSc1c(C(CC(=O)O)C2CC2)ccc2c1OCCO2. The third-order valence-corrected chi connectivity index (χ3v) is 4.71. The number of hydrogen-bond acceptors (Lipinski definition) is 4. The summed E-state index contributed by atoms with van der Waals surface area (Å²) < 4.78 is 11.4. The Morgan fingerprint density at radius 3 is 2.80 bits per heavy atom. The predicted molar refractivity (Wildman–Crippen MR) is 76.9 cm³/mol. The van der Waals surface area contributed by atoms with E-state index in [1.807, 2.05) is 18.4 Å². The molecule has 0 spiro atoms. The van der Waals surface area contributed by atoms with Gasteiger partial charge in [-0.3, -0.25) is 4.79 Å². The van der Waals surface area contributed by atoms with Crippen LogP contribution < -0.4 is 9.47 Å². The normalized spacial score (nSPS) is 18.6. The second kappa shape index (κ2) is 5.56. The Labute approximate surface area is 122 Å². The summed E-state index contributed by atoms with van der Waals surface area (Å²) in [5.41, 5.74) is 1.10. The zero-order valence-corrected chi connectivity index (χ0v) is 12.2. The average Bonchev–Trinajstić information content (AvgIpc) is 3.28. The van der Waals surface area contributed by atoms with Crippen LogP contribution in [0.1, 0.15) is 30.7 Å². The molecule has 1 aliphatic carbocycles. The molecule has 1 aliphatic heterocycles. The minimum atomic E-state index is -0.733. The largest absolute Gasteiger partial charge is 0.486 e. The van der Waals surface area contributed by atoms with E-state index in [0.29, 0.717) is 19.1 Å². The van der Waals surface area contributed by atoms with Crippen molar-refractivity contribution in [1.29, 1.82) is 0 Å². The molecule has 5 heteroatoms. The van der Waals surface area contributed by atoms with Crippen LogP contribution in [0.3, 0.4) is 0 Å².